The molecule has 0 amide bonds. The molecule has 1 aromatic rings. The summed E-state index contributed by atoms with van der Waals surface area (Å²) in [4.78, 5) is 34.9. The van der Waals surface area contributed by atoms with Crippen LogP contribution in [0, 0.1) is 5.41 Å². The molecule has 10 fully saturated rings. The summed E-state index contributed by atoms with van der Waals surface area (Å²) in [7, 11) is 0. The molecular formula is C25H26FeO2. The van der Waals surface area contributed by atoms with Gasteiger partial charge in [-0.05, 0) is 0 Å². The number of benzene rings is 1. The third kappa shape index (κ3) is 0.217. The monoisotopic (exact) mass is 414 g/mol. The number of hydrogen-bond acceptors (Lipinski definition) is 2. The van der Waals surface area contributed by atoms with Crippen LogP contribution in [0.15, 0.2) is 42.5 Å². The number of Topliss-reactive ketones (excluding diaryl/α,β-unsaturated/α-hetero) is 1. The van der Waals surface area contributed by atoms with Crippen molar-refractivity contribution in [3.8, 4) is 0 Å². The number of fused-ring (bicyclic) bond motifs is 10. The molecule has 0 saturated carbocycles. The van der Waals surface area contributed by atoms with Crippen molar-refractivity contribution in [2.75, 3.05) is 0 Å². The van der Waals surface area contributed by atoms with E-state index in [0.717, 1.165) is 38.5 Å². The van der Waals surface area contributed by atoms with Gasteiger partial charge in [0.15, 0.2) is 0 Å². The fourth-order valence-corrected chi connectivity index (χ4v) is 95.1. The van der Waals surface area contributed by atoms with Crippen LogP contribution in [0.5, 0.6) is 0 Å². The summed E-state index contributed by atoms with van der Waals surface area (Å²) < 4.78 is 0.248. The van der Waals surface area contributed by atoms with Crippen LogP contribution in [0.4, 0.5) is 0 Å². The number of allylic oxidation sites excluding steroid dienone is 2. The van der Waals surface area contributed by atoms with E-state index in [0.29, 0.717) is 18.0 Å². The summed E-state index contributed by atoms with van der Waals surface area (Å²) in [6.07, 6.45) is 4.79. The van der Waals surface area contributed by atoms with Crippen LogP contribution in [0.1, 0.15) is 26.3 Å². The van der Waals surface area contributed by atoms with Crippen LogP contribution in [-0.2, 0) is 22.5 Å². The van der Waals surface area contributed by atoms with Crippen molar-refractivity contribution in [3.63, 3.8) is 0 Å². The Labute approximate surface area is 155 Å². The predicted octanol–water partition coefficient (Wildman–Crippen LogP) is 6.10. The van der Waals surface area contributed by atoms with Crippen LogP contribution < -0.4 is 0 Å². The molecule has 0 N–H and O–H groups in total. The third-order valence-corrected chi connectivity index (χ3v) is 60.3. The Morgan fingerprint density at radius 1 is 0.929 bits per heavy atom. The van der Waals surface area contributed by atoms with Gasteiger partial charge in [-0.2, -0.15) is 0 Å². The van der Waals surface area contributed by atoms with E-state index in [2.05, 4.69) is 51.1 Å². The van der Waals surface area contributed by atoms with Gasteiger partial charge in [-0.25, -0.2) is 0 Å². The summed E-state index contributed by atoms with van der Waals surface area (Å²) in [5.74, 6) is 1.12. The Bertz CT molecular complexity index is 1560. The van der Waals surface area contributed by atoms with E-state index in [1.165, 1.54) is 5.56 Å². The number of ketones is 2. The van der Waals surface area contributed by atoms with Gasteiger partial charge >= 0.3 is 155 Å². The van der Waals surface area contributed by atoms with Crippen molar-refractivity contribution in [2.45, 2.75) is 74.3 Å². The van der Waals surface area contributed by atoms with E-state index in [9.17, 15) is 9.59 Å². The Hall–Kier alpha value is -1.18. The fraction of sp³-hybridized carbons (Fsp3) is 0.600. The van der Waals surface area contributed by atoms with E-state index in [1.54, 1.807) is 0 Å². The van der Waals surface area contributed by atoms with E-state index in [1.807, 2.05) is 12.1 Å². The second kappa shape index (κ2) is 1.50. The molecule has 11 rings (SSSR count). The predicted molar refractivity (Wildman–Crippen MR) is 104 cm³/mol. The van der Waals surface area contributed by atoms with Gasteiger partial charge in [-0.15, -0.1) is 0 Å². The van der Waals surface area contributed by atoms with Crippen LogP contribution in [0.3, 0.4) is 0 Å². The van der Waals surface area contributed by atoms with Crippen LogP contribution in [0.2, 0.25) is 47.2 Å². The van der Waals surface area contributed by atoms with E-state index >= 15 is 0 Å². The molecule has 2 nitrogen and oxygen atoms in total. The van der Waals surface area contributed by atoms with E-state index in [4.69, 9.17) is 0 Å². The molecule has 10 aliphatic heterocycles. The summed E-state index contributed by atoms with van der Waals surface area (Å²) in [5, 5.41) is 0. The Balaban J connectivity index is 1.15. The van der Waals surface area contributed by atoms with Crippen molar-refractivity contribution in [3.05, 3.63) is 48.0 Å². The van der Waals surface area contributed by atoms with Crippen LogP contribution in [-0.4, -0.2) is 11.6 Å². The first-order valence-corrected chi connectivity index (χ1v) is 17.3. The van der Waals surface area contributed by atoms with Gasteiger partial charge in [0.1, 0.15) is 0 Å². The molecule has 10 heterocycles. The Morgan fingerprint density at radius 3 is 1.96 bits per heavy atom. The molecule has 10 aliphatic rings. The minimum atomic E-state index is -4.01. The second-order valence-corrected chi connectivity index (χ2v) is 38.1. The zero-order valence-electron chi connectivity index (χ0n) is 16.5. The van der Waals surface area contributed by atoms with E-state index in [-0.39, 0.29) is 14.0 Å². The van der Waals surface area contributed by atoms with E-state index < -0.39 is 6.51 Å². The van der Waals surface area contributed by atoms with Gasteiger partial charge in [0.05, 0.1) is 0 Å². The topological polar surface area (TPSA) is 34.1 Å². The average molecular weight is 414 g/mol. The molecular weight excluding hydrogens is 388 g/mol. The molecule has 0 aliphatic carbocycles. The first-order valence-electron chi connectivity index (χ1n) is 11.1. The molecule has 10 saturated heterocycles. The maximum absolute atomic E-state index is 14.0. The molecule has 0 aromatic heterocycles. The zero-order valence-corrected chi connectivity index (χ0v) is 17.6. The fourth-order valence-electron chi connectivity index (χ4n) is 19.4. The maximum atomic E-state index is 14.0. The van der Waals surface area contributed by atoms with Crippen molar-refractivity contribution < 1.29 is 16.1 Å². The summed E-state index contributed by atoms with van der Waals surface area (Å²) in [6, 6.07) is 10.4. The van der Waals surface area contributed by atoms with Gasteiger partial charge in [-0.3, -0.25) is 0 Å². The molecule has 0 radical (unpaired) electrons. The minimum absolute atomic E-state index is 0.0602. The van der Waals surface area contributed by atoms with Crippen LogP contribution in [0.25, 0.3) is 0 Å². The van der Waals surface area contributed by atoms with Crippen molar-refractivity contribution >= 4 is 11.6 Å². The summed E-state index contributed by atoms with van der Waals surface area (Å²) in [5.41, 5.74) is 1.25. The Kier molecular flexibility index (Phi) is 0.709. The molecule has 8 unspecified atom stereocenters. The standard InChI is InChI=1S/C13H11O.C12H15O.Fe/c14-13(12-8-4-5-9-12)10-11-6-2-1-3-7-11;1-12(2,3)9-8-11(13)10-6-4-5-7-10;/h1-9H,10H2;4-9H,1-3H3;. The zero-order chi connectivity index (χ0) is 18.8. The average Bonchev–Trinajstić information content (AvgIpc) is 3.59. The summed E-state index contributed by atoms with van der Waals surface area (Å²) >= 11 is 0. The van der Waals surface area contributed by atoms with Crippen molar-refractivity contribution in [1.82, 2.24) is 0 Å². The van der Waals surface area contributed by atoms with Crippen molar-refractivity contribution in [1.29, 1.82) is 0 Å². The number of carbonyl (C=O) groups excluding carboxylic acids is 2. The number of rotatable bonds is 5. The Morgan fingerprint density at radius 2 is 1.46 bits per heavy atom. The molecule has 3 heteroatoms. The molecule has 0 bridgehead atoms. The summed E-state index contributed by atoms with van der Waals surface area (Å²) in [6.45, 7) is 2.53. The number of carbonyl (C=O) groups is 2. The van der Waals surface area contributed by atoms with Gasteiger partial charge in [0, 0.05) is 0 Å². The molecule has 1 spiro atoms. The number of hydrogen-bond donors (Lipinski definition) is 0. The first kappa shape index (κ1) is 13.2. The van der Waals surface area contributed by atoms with Gasteiger partial charge in [0.25, 0.3) is 0 Å². The van der Waals surface area contributed by atoms with Crippen LogP contribution >= 0.6 is 0 Å². The SMILES string of the molecule is CC(C)(C)C=CC(=O)[C]12[CH]3[CH]4[CH]5[CH]1[Fe]45321678[CH]2[CH]1[CH]6[C]7(C(=O)Cc1ccccc1)[CH]28. The van der Waals surface area contributed by atoms with Gasteiger partial charge in [-0.1, -0.05) is 0 Å². The normalized spacial score (nSPS) is 80.2. The second-order valence-electron chi connectivity index (χ2n) is 14.9. The van der Waals surface area contributed by atoms with Gasteiger partial charge < -0.3 is 0 Å². The quantitative estimate of drug-likeness (QED) is 0.431. The van der Waals surface area contributed by atoms with Gasteiger partial charge in [0.2, 0.25) is 0 Å². The molecule has 1 aromatic carbocycles. The third-order valence-electron chi connectivity index (χ3n) is 17.6. The molecule has 8 atom stereocenters. The van der Waals surface area contributed by atoms with Crippen molar-refractivity contribution in [2.24, 2.45) is 5.41 Å². The first-order chi connectivity index (χ1) is 13.1. The molecule has 146 valence electrons. The molecule has 28 heavy (non-hydrogen) atoms.